The van der Waals surface area contributed by atoms with Crippen LogP contribution >= 0.6 is 0 Å². The SMILES string of the molecule is CN[C@@H](CNC(=O)c1ccnc(NC2CCN(C(C)=O)CC2)c1)CN1Cc2ccccc2C1. The molecule has 8 heteroatoms. The van der Waals surface area contributed by atoms with Crippen molar-refractivity contribution in [3.05, 3.63) is 59.3 Å². The summed E-state index contributed by atoms with van der Waals surface area (Å²) in [6, 6.07) is 12.5. The monoisotopic (exact) mass is 450 g/mol. The molecular formula is C25H34N6O2. The predicted octanol–water partition coefficient (Wildman–Crippen LogP) is 1.84. The number of pyridine rings is 1. The van der Waals surface area contributed by atoms with Gasteiger partial charge >= 0.3 is 0 Å². The average molecular weight is 451 g/mol. The van der Waals surface area contributed by atoms with Gasteiger partial charge in [-0.25, -0.2) is 4.98 Å². The van der Waals surface area contributed by atoms with E-state index in [1.165, 1.54) is 11.1 Å². The van der Waals surface area contributed by atoms with Gasteiger partial charge in [0.15, 0.2) is 0 Å². The lowest BCUT2D eigenvalue weighted by molar-refractivity contribution is -0.129. The smallest absolute Gasteiger partial charge is 0.251 e. The Bertz CT molecular complexity index is 948. The molecule has 1 aromatic carbocycles. The first kappa shape index (κ1) is 23.2. The van der Waals surface area contributed by atoms with Crippen LogP contribution in [0.15, 0.2) is 42.6 Å². The van der Waals surface area contributed by atoms with E-state index in [9.17, 15) is 9.59 Å². The molecule has 1 atom stereocenters. The summed E-state index contributed by atoms with van der Waals surface area (Å²) in [7, 11) is 1.94. The largest absolute Gasteiger partial charge is 0.367 e. The van der Waals surface area contributed by atoms with Crippen LogP contribution in [0.4, 0.5) is 5.82 Å². The van der Waals surface area contributed by atoms with E-state index in [-0.39, 0.29) is 23.9 Å². The quantitative estimate of drug-likeness (QED) is 0.569. The van der Waals surface area contributed by atoms with Crippen LogP contribution in [0.3, 0.4) is 0 Å². The van der Waals surface area contributed by atoms with Gasteiger partial charge in [-0.2, -0.15) is 0 Å². The lowest BCUT2D eigenvalue weighted by Crippen LogP contribution is -2.45. The van der Waals surface area contributed by atoms with E-state index in [1.807, 2.05) is 11.9 Å². The van der Waals surface area contributed by atoms with Gasteiger partial charge in [0.1, 0.15) is 5.82 Å². The molecule has 2 amide bonds. The molecule has 0 bridgehead atoms. The molecule has 2 aliphatic heterocycles. The van der Waals surface area contributed by atoms with Crippen LogP contribution in [0.2, 0.25) is 0 Å². The van der Waals surface area contributed by atoms with Gasteiger partial charge < -0.3 is 20.9 Å². The van der Waals surface area contributed by atoms with E-state index in [0.29, 0.717) is 17.9 Å². The van der Waals surface area contributed by atoms with E-state index in [1.54, 1.807) is 25.3 Å². The Kier molecular flexibility index (Phi) is 7.57. The lowest BCUT2D eigenvalue weighted by Gasteiger charge is -2.32. The number of piperidine rings is 1. The van der Waals surface area contributed by atoms with Crippen molar-refractivity contribution in [2.75, 3.05) is 38.5 Å². The highest BCUT2D eigenvalue weighted by molar-refractivity contribution is 5.94. The van der Waals surface area contributed by atoms with E-state index >= 15 is 0 Å². The highest BCUT2D eigenvalue weighted by Gasteiger charge is 2.22. The van der Waals surface area contributed by atoms with Crippen molar-refractivity contribution in [1.82, 2.24) is 25.4 Å². The maximum atomic E-state index is 12.8. The molecule has 0 saturated carbocycles. The maximum absolute atomic E-state index is 12.8. The van der Waals surface area contributed by atoms with Crippen LogP contribution in [0.1, 0.15) is 41.3 Å². The number of fused-ring (bicyclic) bond motifs is 1. The zero-order chi connectivity index (χ0) is 23.2. The molecule has 8 nitrogen and oxygen atoms in total. The Hall–Kier alpha value is -2.97. The van der Waals surface area contributed by atoms with Crippen molar-refractivity contribution in [2.45, 2.75) is 44.9 Å². The van der Waals surface area contributed by atoms with Crippen molar-refractivity contribution in [3.8, 4) is 0 Å². The van der Waals surface area contributed by atoms with Crippen LogP contribution in [0.5, 0.6) is 0 Å². The van der Waals surface area contributed by atoms with E-state index in [0.717, 1.165) is 45.6 Å². The number of carbonyl (C=O) groups is 2. The number of carbonyl (C=O) groups excluding carboxylic acids is 2. The Morgan fingerprint density at radius 3 is 2.45 bits per heavy atom. The predicted molar refractivity (Wildman–Crippen MR) is 129 cm³/mol. The molecule has 33 heavy (non-hydrogen) atoms. The van der Waals surface area contributed by atoms with Gasteiger partial charge in [0.05, 0.1) is 0 Å². The normalized spacial score (nSPS) is 17.5. The fourth-order valence-corrected chi connectivity index (χ4v) is 4.62. The summed E-state index contributed by atoms with van der Waals surface area (Å²) >= 11 is 0. The van der Waals surface area contributed by atoms with Gasteiger partial charge in [-0.15, -0.1) is 0 Å². The van der Waals surface area contributed by atoms with Gasteiger partial charge in [0.2, 0.25) is 5.91 Å². The molecule has 0 radical (unpaired) electrons. The van der Waals surface area contributed by atoms with Gasteiger partial charge in [0, 0.05) is 70.0 Å². The Morgan fingerprint density at radius 1 is 1.12 bits per heavy atom. The third kappa shape index (κ3) is 6.09. The number of likely N-dealkylation sites (N-methyl/N-ethyl adjacent to an activating group) is 1. The lowest BCUT2D eigenvalue weighted by atomic mass is 10.0. The fourth-order valence-electron chi connectivity index (χ4n) is 4.62. The number of nitrogens with zero attached hydrogens (tertiary/aromatic N) is 3. The Balaban J connectivity index is 1.25. The van der Waals surface area contributed by atoms with E-state index in [2.05, 4.69) is 50.1 Å². The first-order valence-electron chi connectivity index (χ1n) is 11.7. The summed E-state index contributed by atoms with van der Waals surface area (Å²) in [6.45, 7) is 6.44. The number of anilines is 1. The van der Waals surface area contributed by atoms with Crippen molar-refractivity contribution in [2.24, 2.45) is 0 Å². The third-order valence-corrected chi connectivity index (χ3v) is 6.62. The topological polar surface area (TPSA) is 89.6 Å². The van der Waals surface area contributed by atoms with Crippen molar-refractivity contribution < 1.29 is 9.59 Å². The van der Waals surface area contributed by atoms with Crippen LogP contribution in [0.25, 0.3) is 0 Å². The minimum absolute atomic E-state index is 0.100. The fraction of sp³-hybridized carbons (Fsp3) is 0.480. The van der Waals surface area contributed by atoms with E-state index in [4.69, 9.17) is 0 Å². The number of hydrogen-bond acceptors (Lipinski definition) is 6. The van der Waals surface area contributed by atoms with Crippen molar-refractivity contribution in [3.63, 3.8) is 0 Å². The van der Waals surface area contributed by atoms with E-state index < -0.39 is 0 Å². The summed E-state index contributed by atoms with van der Waals surface area (Å²) in [6.07, 6.45) is 3.42. The van der Waals surface area contributed by atoms with Gasteiger partial charge in [-0.1, -0.05) is 24.3 Å². The molecule has 3 N–H and O–H groups in total. The standard InChI is InChI=1S/C25H34N6O2/c1-18(32)31-11-8-22(9-12-31)29-24-13-19(7-10-27-24)25(33)28-14-23(26-2)17-30-15-20-5-3-4-6-21(20)16-30/h3-7,10,13,22-23,26H,8-9,11-12,14-17H2,1-2H3,(H,27,29)(H,28,33)/t23-/m0/s1. The molecular weight excluding hydrogens is 416 g/mol. The third-order valence-electron chi connectivity index (χ3n) is 6.62. The highest BCUT2D eigenvalue weighted by Crippen LogP contribution is 2.22. The Labute approximate surface area is 195 Å². The van der Waals surface area contributed by atoms with Gasteiger partial charge in [-0.05, 0) is 43.1 Å². The summed E-state index contributed by atoms with van der Waals surface area (Å²) in [5.41, 5.74) is 3.37. The molecule has 0 aliphatic carbocycles. The van der Waals surface area contributed by atoms with Crippen LogP contribution in [-0.2, 0) is 17.9 Å². The number of benzene rings is 1. The molecule has 0 unspecified atom stereocenters. The minimum atomic E-state index is -0.100. The molecule has 2 aliphatic rings. The average Bonchev–Trinajstić information content (AvgIpc) is 3.24. The number of likely N-dealkylation sites (tertiary alicyclic amines) is 1. The number of aromatic nitrogens is 1. The Morgan fingerprint density at radius 2 is 1.82 bits per heavy atom. The molecule has 176 valence electrons. The number of nitrogens with one attached hydrogen (secondary N) is 3. The molecule has 1 fully saturated rings. The summed E-state index contributed by atoms with van der Waals surface area (Å²) in [4.78, 5) is 33.0. The molecule has 3 heterocycles. The summed E-state index contributed by atoms with van der Waals surface area (Å²) < 4.78 is 0. The first-order valence-corrected chi connectivity index (χ1v) is 11.7. The summed E-state index contributed by atoms with van der Waals surface area (Å²) in [5, 5.41) is 9.82. The molecule has 2 aromatic rings. The zero-order valence-electron chi connectivity index (χ0n) is 19.5. The molecule has 1 aromatic heterocycles. The second kappa shape index (κ2) is 10.8. The number of rotatable bonds is 8. The number of hydrogen-bond donors (Lipinski definition) is 3. The second-order valence-corrected chi connectivity index (χ2v) is 8.99. The molecule has 0 spiro atoms. The number of amides is 2. The molecule has 1 saturated heterocycles. The van der Waals surface area contributed by atoms with Crippen molar-refractivity contribution in [1.29, 1.82) is 0 Å². The summed E-state index contributed by atoms with van der Waals surface area (Å²) in [5.74, 6) is 0.722. The van der Waals surface area contributed by atoms with Crippen LogP contribution < -0.4 is 16.0 Å². The minimum Gasteiger partial charge on any atom is -0.367 e. The second-order valence-electron chi connectivity index (χ2n) is 8.99. The van der Waals surface area contributed by atoms with Crippen LogP contribution in [-0.4, -0.2) is 71.9 Å². The van der Waals surface area contributed by atoms with Crippen molar-refractivity contribution >= 4 is 17.6 Å². The first-order chi connectivity index (χ1) is 16.0. The molecule has 4 rings (SSSR count). The van der Waals surface area contributed by atoms with Crippen LogP contribution in [0, 0.1) is 0 Å². The maximum Gasteiger partial charge on any atom is 0.251 e. The van der Waals surface area contributed by atoms with Gasteiger partial charge in [-0.3, -0.25) is 14.5 Å². The van der Waals surface area contributed by atoms with Gasteiger partial charge in [0.25, 0.3) is 5.91 Å². The highest BCUT2D eigenvalue weighted by atomic mass is 16.2. The zero-order valence-corrected chi connectivity index (χ0v) is 19.5.